The van der Waals surface area contributed by atoms with Gasteiger partial charge in [0.05, 0.1) is 6.04 Å². The van der Waals surface area contributed by atoms with Crippen LogP contribution in [0.1, 0.15) is 24.9 Å². The van der Waals surface area contributed by atoms with Crippen LogP contribution in [0.2, 0.25) is 0 Å². The molecule has 0 bridgehead atoms. The molecule has 0 spiro atoms. The summed E-state index contributed by atoms with van der Waals surface area (Å²) in [6, 6.07) is 5.57. The molecular formula is C15H23BrFN3. The Kier molecular flexibility index (Phi) is 5.55. The van der Waals surface area contributed by atoms with E-state index in [0.29, 0.717) is 18.2 Å². The van der Waals surface area contributed by atoms with Crippen LogP contribution in [0.4, 0.5) is 4.39 Å². The minimum Gasteiger partial charge on any atom is -0.329 e. The lowest BCUT2D eigenvalue weighted by Gasteiger charge is -2.42. The standard InChI is InChI=1S/C15H23BrFN3/c1-3-12-10-20(7-6-19(12)2)15(9-18)13-8-11(16)4-5-14(13)17/h4-5,8,12,15H,3,6-7,9-10,18H2,1-2H3. The molecule has 20 heavy (non-hydrogen) atoms. The molecule has 0 radical (unpaired) electrons. The Bertz CT molecular complexity index is 455. The van der Waals surface area contributed by atoms with E-state index < -0.39 is 0 Å². The molecule has 1 aromatic carbocycles. The molecule has 1 aliphatic rings. The van der Waals surface area contributed by atoms with Crippen molar-refractivity contribution in [1.29, 1.82) is 0 Å². The number of likely N-dealkylation sites (N-methyl/N-ethyl adjacent to an activating group) is 1. The van der Waals surface area contributed by atoms with Crippen molar-refractivity contribution in [3.05, 3.63) is 34.1 Å². The highest BCUT2D eigenvalue weighted by Gasteiger charge is 2.29. The van der Waals surface area contributed by atoms with Crippen molar-refractivity contribution in [2.24, 2.45) is 5.73 Å². The van der Waals surface area contributed by atoms with Gasteiger partial charge in [-0.05, 0) is 31.7 Å². The second-order valence-electron chi connectivity index (χ2n) is 5.45. The van der Waals surface area contributed by atoms with Crippen LogP contribution in [0.15, 0.2) is 22.7 Å². The monoisotopic (exact) mass is 343 g/mol. The average molecular weight is 344 g/mol. The van der Waals surface area contributed by atoms with Gasteiger partial charge in [0.15, 0.2) is 0 Å². The Balaban J connectivity index is 2.21. The summed E-state index contributed by atoms with van der Waals surface area (Å²) < 4.78 is 15.0. The molecule has 2 rings (SSSR count). The molecule has 5 heteroatoms. The SMILES string of the molecule is CCC1CN(C(CN)c2cc(Br)ccc2F)CCN1C. The lowest BCUT2D eigenvalue weighted by molar-refractivity contribution is 0.0633. The molecule has 112 valence electrons. The zero-order valence-electron chi connectivity index (χ0n) is 12.1. The number of halogens is 2. The summed E-state index contributed by atoms with van der Waals surface area (Å²) in [5, 5.41) is 0. The first kappa shape index (κ1) is 15.9. The highest BCUT2D eigenvalue weighted by Crippen LogP contribution is 2.27. The first-order valence-corrected chi connectivity index (χ1v) is 7.95. The number of hydrogen-bond acceptors (Lipinski definition) is 3. The van der Waals surface area contributed by atoms with Crippen LogP contribution in [0.25, 0.3) is 0 Å². The van der Waals surface area contributed by atoms with Crippen LogP contribution >= 0.6 is 15.9 Å². The van der Waals surface area contributed by atoms with Crippen molar-refractivity contribution in [3.8, 4) is 0 Å². The molecule has 2 unspecified atom stereocenters. The topological polar surface area (TPSA) is 32.5 Å². The maximum absolute atomic E-state index is 14.1. The quantitative estimate of drug-likeness (QED) is 0.911. The van der Waals surface area contributed by atoms with E-state index in [9.17, 15) is 4.39 Å². The molecule has 0 saturated carbocycles. The van der Waals surface area contributed by atoms with Gasteiger partial charge in [-0.15, -0.1) is 0 Å². The second-order valence-corrected chi connectivity index (χ2v) is 6.37. The van der Waals surface area contributed by atoms with Crippen LogP contribution < -0.4 is 5.73 Å². The Labute approximate surface area is 129 Å². The molecule has 0 aromatic heterocycles. The van der Waals surface area contributed by atoms with Gasteiger partial charge in [0.1, 0.15) is 5.82 Å². The third-order valence-electron chi connectivity index (χ3n) is 4.26. The summed E-state index contributed by atoms with van der Waals surface area (Å²) in [7, 11) is 2.16. The fraction of sp³-hybridized carbons (Fsp3) is 0.600. The molecular weight excluding hydrogens is 321 g/mol. The summed E-state index contributed by atoms with van der Waals surface area (Å²) in [5.74, 6) is -0.171. The molecule has 1 saturated heterocycles. The average Bonchev–Trinajstić information content (AvgIpc) is 2.45. The van der Waals surface area contributed by atoms with Crippen LogP contribution in [0, 0.1) is 5.82 Å². The molecule has 1 heterocycles. The van der Waals surface area contributed by atoms with E-state index in [1.54, 1.807) is 6.07 Å². The van der Waals surface area contributed by atoms with E-state index in [-0.39, 0.29) is 11.9 Å². The Morgan fingerprint density at radius 2 is 2.20 bits per heavy atom. The van der Waals surface area contributed by atoms with E-state index >= 15 is 0 Å². The van der Waals surface area contributed by atoms with Crippen molar-refractivity contribution in [2.45, 2.75) is 25.4 Å². The van der Waals surface area contributed by atoms with E-state index in [1.807, 2.05) is 6.07 Å². The van der Waals surface area contributed by atoms with Crippen molar-refractivity contribution in [3.63, 3.8) is 0 Å². The molecule has 2 N–H and O–H groups in total. The third kappa shape index (κ3) is 3.39. The van der Waals surface area contributed by atoms with E-state index in [1.165, 1.54) is 6.07 Å². The Morgan fingerprint density at radius 1 is 1.45 bits per heavy atom. The minimum atomic E-state index is -0.171. The fourth-order valence-corrected chi connectivity index (χ4v) is 3.32. The van der Waals surface area contributed by atoms with Crippen molar-refractivity contribution >= 4 is 15.9 Å². The number of hydrogen-bond donors (Lipinski definition) is 1. The van der Waals surface area contributed by atoms with E-state index in [0.717, 1.165) is 30.5 Å². The normalized spacial score (nSPS) is 22.9. The van der Waals surface area contributed by atoms with Gasteiger partial charge in [-0.1, -0.05) is 22.9 Å². The number of rotatable bonds is 4. The maximum atomic E-state index is 14.1. The van der Waals surface area contributed by atoms with Crippen LogP contribution in [0.5, 0.6) is 0 Å². The summed E-state index contributed by atoms with van der Waals surface area (Å²) >= 11 is 3.42. The first-order chi connectivity index (χ1) is 9.56. The Morgan fingerprint density at radius 3 is 2.85 bits per heavy atom. The zero-order valence-corrected chi connectivity index (χ0v) is 13.7. The van der Waals surface area contributed by atoms with Crippen LogP contribution in [0.3, 0.4) is 0 Å². The van der Waals surface area contributed by atoms with Gasteiger partial charge >= 0.3 is 0 Å². The smallest absolute Gasteiger partial charge is 0.128 e. The van der Waals surface area contributed by atoms with Gasteiger partial charge in [-0.3, -0.25) is 4.90 Å². The van der Waals surface area contributed by atoms with E-state index in [2.05, 4.69) is 39.7 Å². The fourth-order valence-electron chi connectivity index (χ4n) is 2.94. The summed E-state index contributed by atoms with van der Waals surface area (Å²) in [6.45, 7) is 5.52. The van der Waals surface area contributed by atoms with Gasteiger partial charge in [0.2, 0.25) is 0 Å². The van der Waals surface area contributed by atoms with Crippen LogP contribution in [-0.2, 0) is 0 Å². The van der Waals surface area contributed by atoms with Crippen molar-refractivity contribution < 1.29 is 4.39 Å². The third-order valence-corrected chi connectivity index (χ3v) is 4.75. The molecule has 0 amide bonds. The number of nitrogens with zero attached hydrogens (tertiary/aromatic N) is 2. The minimum absolute atomic E-state index is 0.0461. The molecule has 1 fully saturated rings. The molecule has 3 nitrogen and oxygen atoms in total. The highest BCUT2D eigenvalue weighted by atomic mass is 79.9. The first-order valence-electron chi connectivity index (χ1n) is 7.16. The van der Waals surface area contributed by atoms with Crippen molar-refractivity contribution in [2.75, 3.05) is 33.2 Å². The summed E-state index contributed by atoms with van der Waals surface area (Å²) in [5.41, 5.74) is 6.63. The molecule has 1 aliphatic heterocycles. The van der Waals surface area contributed by atoms with E-state index in [4.69, 9.17) is 5.73 Å². The number of benzene rings is 1. The predicted octanol–water partition coefficient (Wildman–Crippen LogP) is 2.61. The Hall–Kier alpha value is -0.490. The highest BCUT2D eigenvalue weighted by molar-refractivity contribution is 9.10. The second kappa shape index (κ2) is 6.98. The largest absolute Gasteiger partial charge is 0.329 e. The van der Waals surface area contributed by atoms with Gasteiger partial charge in [0.25, 0.3) is 0 Å². The molecule has 1 aromatic rings. The number of nitrogens with two attached hydrogens (primary N) is 1. The van der Waals surface area contributed by atoms with Crippen LogP contribution in [-0.4, -0.2) is 49.1 Å². The van der Waals surface area contributed by atoms with Gasteiger partial charge < -0.3 is 10.6 Å². The number of piperazine rings is 1. The summed E-state index contributed by atoms with van der Waals surface area (Å²) in [6.07, 6.45) is 1.10. The lowest BCUT2D eigenvalue weighted by atomic mass is 10.0. The molecule has 2 atom stereocenters. The molecule has 0 aliphatic carbocycles. The maximum Gasteiger partial charge on any atom is 0.128 e. The van der Waals surface area contributed by atoms with Gasteiger partial charge in [-0.2, -0.15) is 0 Å². The van der Waals surface area contributed by atoms with Crippen molar-refractivity contribution in [1.82, 2.24) is 9.80 Å². The van der Waals surface area contributed by atoms with Gasteiger partial charge in [-0.25, -0.2) is 4.39 Å². The summed E-state index contributed by atoms with van der Waals surface area (Å²) in [4.78, 5) is 4.69. The predicted molar refractivity (Wildman–Crippen MR) is 84.2 cm³/mol. The lowest BCUT2D eigenvalue weighted by Crippen LogP contribution is -2.53. The van der Waals surface area contributed by atoms with Gasteiger partial charge in [0, 0.05) is 42.3 Å². The zero-order chi connectivity index (χ0) is 14.7.